The Morgan fingerprint density at radius 3 is 2.16 bits per heavy atom. The molecule has 3 nitrogen and oxygen atoms in total. The van der Waals surface area contributed by atoms with E-state index in [4.69, 9.17) is 23.2 Å². The Hall–Kier alpha value is -0.290. The Kier molecular flexibility index (Phi) is 7.15. The van der Waals surface area contributed by atoms with Crippen molar-refractivity contribution in [1.82, 2.24) is 4.72 Å². The molecule has 0 atom stereocenters. The minimum absolute atomic E-state index is 0.110. The summed E-state index contributed by atoms with van der Waals surface area (Å²) in [4.78, 5) is 0.110. The van der Waals surface area contributed by atoms with Crippen molar-refractivity contribution >= 4 is 33.2 Å². The third-order valence-electron chi connectivity index (χ3n) is 2.72. The summed E-state index contributed by atoms with van der Waals surface area (Å²) in [6, 6.07) is 4.30. The van der Waals surface area contributed by atoms with Crippen LogP contribution in [-0.4, -0.2) is 15.0 Å². The molecule has 0 amide bonds. The van der Waals surface area contributed by atoms with Crippen molar-refractivity contribution in [1.29, 1.82) is 0 Å². The maximum absolute atomic E-state index is 12.0. The summed E-state index contributed by atoms with van der Waals surface area (Å²) in [7, 11) is -3.52. The predicted molar refractivity (Wildman–Crippen MR) is 80.4 cm³/mol. The monoisotopic (exact) mass is 323 g/mol. The van der Waals surface area contributed by atoms with Gasteiger partial charge < -0.3 is 0 Å². The summed E-state index contributed by atoms with van der Waals surface area (Å²) >= 11 is 11.6. The zero-order chi connectivity index (χ0) is 14.3. The Labute approximate surface area is 125 Å². The van der Waals surface area contributed by atoms with Crippen molar-refractivity contribution in [2.24, 2.45) is 0 Å². The fraction of sp³-hybridized carbons (Fsp3) is 0.538. The Balaban J connectivity index is 2.51. The van der Waals surface area contributed by atoms with Crippen LogP contribution < -0.4 is 4.72 Å². The highest BCUT2D eigenvalue weighted by molar-refractivity contribution is 7.89. The molecule has 1 N–H and O–H groups in total. The van der Waals surface area contributed by atoms with Crippen LogP contribution >= 0.6 is 23.2 Å². The van der Waals surface area contributed by atoms with E-state index in [1.165, 1.54) is 31.0 Å². The van der Waals surface area contributed by atoms with Gasteiger partial charge in [-0.2, -0.15) is 0 Å². The molecule has 0 aliphatic carbocycles. The topological polar surface area (TPSA) is 46.2 Å². The lowest BCUT2D eigenvalue weighted by molar-refractivity contribution is 0.571. The van der Waals surface area contributed by atoms with Gasteiger partial charge in [0.25, 0.3) is 0 Å². The number of unbranched alkanes of at least 4 members (excludes halogenated alkanes) is 4. The summed E-state index contributed by atoms with van der Waals surface area (Å²) < 4.78 is 26.6. The number of sulfonamides is 1. The standard InChI is InChI=1S/C13H19Cl2NO2S/c1-2-3-4-5-6-7-16-19(17,18)13-9-11(14)8-12(15)10-13/h8-10,16H,2-7H2,1H3. The smallest absolute Gasteiger partial charge is 0.211 e. The first-order chi connectivity index (χ1) is 8.95. The van der Waals surface area contributed by atoms with E-state index < -0.39 is 10.0 Å². The molecule has 6 heteroatoms. The maximum atomic E-state index is 12.0. The van der Waals surface area contributed by atoms with Crippen LogP contribution in [0.1, 0.15) is 39.0 Å². The number of hydrogen-bond donors (Lipinski definition) is 1. The molecule has 108 valence electrons. The van der Waals surface area contributed by atoms with Crippen LogP contribution in [-0.2, 0) is 10.0 Å². The second kappa shape index (κ2) is 8.10. The van der Waals surface area contributed by atoms with Gasteiger partial charge in [0.1, 0.15) is 0 Å². The molecule has 1 aromatic carbocycles. The first-order valence-corrected chi connectivity index (χ1v) is 8.65. The second-order valence-electron chi connectivity index (χ2n) is 4.42. The molecule has 0 aliphatic heterocycles. The lowest BCUT2D eigenvalue weighted by Gasteiger charge is -2.07. The van der Waals surface area contributed by atoms with E-state index in [0.717, 1.165) is 19.3 Å². The molecule has 0 spiro atoms. The summed E-state index contributed by atoms with van der Waals surface area (Å²) in [6.45, 7) is 2.59. The van der Waals surface area contributed by atoms with Crippen molar-refractivity contribution < 1.29 is 8.42 Å². The minimum atomic E-state index is -3.52. The van der Waals surface area contributed by atoms with E-state index in [-0.39, 0.29) is 4.90 Å². The lowest BCUT2D eigenvalue weighted by Crippen LogP contribution is -2.24. The molecule has 0 saturated heterocycles. The molecular weight excluding hydrogens is 305 g/mol. The molecule has 1 aromatic rings. The summed E-state index contributed by atoms with van der Waals surface area (Å²) in [5, 5.41) is 0.631. The first-order valence-electron chi connectivity index (χ1n) is 6.41. The maximum Gasteiger partial charge on any atom is 0.240 e. The summed E-state index contributed by atoms with van der Waals surface area (Å²) in [5.41, 5.74) is 0. The van der Waals surface area contributed by atoms with E-state index >= 15 is 0 Å². The van der Waals surface area contributed by atoms with Gasteiger partial charge in [0.2, 0.25) is 10.0 Å². The van der Waals surface area contributed by atoms with E-state index in [0.29, 0.717) is 16.6 Å². The van der Waals surface area contributed by atoms with Gasteiger partial charge in [-0.15, -0.1) is 0 Å². The Morgan fingerprint density at radius 2 is 1.58 bits per heavy atom. The lowest BCUT2D eigenvalue weighted by atomic mass is 10.2. The van der Waals surface area contributed by atoms with Crippen LogP contribution in [0, 0.1) is 0 Å². The SMILES string of the molecule is CCCCCCCNS(=O)(=O)c1cc(Cl)cc(Cl)c1. The second-order valence-corrected chi connectivity index (χ2v) is 7.06. The highest BCUT2D eigenvalue weighted by Gasteiger charge is 2.14. The zero-order valence-corrected chi connectivity index (χ0v) is 13.3. The number of hydrogen-bond acceptors (Lipinski definition) is 2. The average molecular weight is 324 g/mol. The van der Waals surface area contributed by atoms with Crippen LogP contribution in [0.3, 0.4) is 0 Å². The van der Waals surface area contributed by atoms with E-state index in [9.17, 15) is 8.42 Å². The van der Waals surface area contributed by atoms with Crippen LogP contribution in [0.15, 0.2) is 23.1 Å². The highest BCUT2D eigenvalue weighted by atomic mass is 35.5. The normalized spacial score (nSPS) is 11.7. The number of benzene rings is 1. The molecule has 1 rings (SSSR count). The number of nitrogens with one attached hydrogen (secondary N) is 1. The van der Waals surface area contributed by atoms with Crippen LogP contribution in [0.2, 0.25) is 10.0 Å². The molecule has 0 fully saturated rings. The minimum Gasteiger partial charge on any atom is -0.211 e. The molecule has 0 radical (unpaired) electrons. The summed E-state index contributed by atoms with van der Waals surface area (Å²) in [5.74, 6) is 0. The molecule has 0 bridgehead atoms. The fourth-order valence-electron chi connectivity index (χ4n) is 1.70. The number of halogens is 2. The molecular formula is C13H19Cl2NO2S. The largest absolute Gasteiger partial charge is 0.240 e. The van der Waals surface area contributed by atoms with Crippen LogP contribution in [0.5, 0.6) is 0 Å². The van der Waals surface area contributed by atoms with Gasteiger partial charge in [-0.1, -0.05) is 55.8 Å². The highest BCUT2D eigenvalue weighted by Crippen LogP contribution is 2.22. The van der Waals surface area contributed by atoms with Gasteiger partial charge in [0, 0.05) is 16.6 Å². The van der Waals surface area contributed by atoms with Crippen LogP contribution in [0.4, 0.5) is 0 Å². The Bertz CT molecular complexity index is 483. The van der Waals surface area contributed by atoms with Gasteiger partial charge in [-0.05, 0) is 24.6 Å². The van der Waals surface area contributed by atoms with Gasteiger partial charge >= 0.3 is 0 Å². The van der Waals surface area contributed by atoms with Crippen molar-refractivity contribution in [3.8, 4) is 0 Å². The molecule has 0 saturated carbocycles. The molecule has 19 heavy (non-hydrogen) atoms. The predicted octanol–water partition coefficient (Wildman–Crippen LogP) is 4.24. The quantitative estimate of drug-likeness (QED) is 0.727. The van der Waals surface area contributed by atoms with Crippen LogP contribution in [0.25, 0.3) is 0 Å². The van der Waals surface area contributed by atoms with Gasteiger partial charge in [0.15, 0.2) is 0 Å². The molecule has 0 unspecified atom stereocenters. The van der Waals surface area contributed by atoms with Crippen molar-refractivity contribution in [3.05, 3.63) is 28.2 Å². The molecule has 0 heterocycles. The van der Waals surface area contributed by atoms with Gasteiger partial charge in [-0.25, -0.2) is 13.1 Å². The van der Waals surface area contributed by atoms with Gasteiger partial charge in [-0.3, -0.25) is 0 Å². The van der Waals surface area contributed by atoms with Gasteiger partial charge in [0.05, 0.1) is 4.90 Å². The fourth-order valence-corrected chi connectivity index (χ4v) is 3.50. The third kappa shape index (κ3) is 6.13. The molecule has 0 aliphatic rings. The zero-order valence-electron chi connectivity index (χ0n) is 11.0. The summed E-state index contributed by atoms with van der Waals surface area (Å²) in [6.07, 6.45) is 5.38. The van der Waals surface area contributed by atoms with Crippen molar-refractivity contribution in [3.63, 3.8) is 0 Å². The van der Waals surface area contributed by atoms with E-state index in [1.807, 2.05) is 0 Å². The van der Waals surface area contributed by atoms with Crippen molar-refractivity contribution in [2.75, 3.05) is 6.54 Å². The average Bonchev–Trinajstić information content (AvgIpc) is 2.32. The molecule has 0 aromatic heterocycles. The Morgan fingerprint density at radius 1 is 1.00 bits per heavy atom. The first kappa shape index (κ1) is 16.8. The van der Waals surface area contributed by atoms with E-state index in [2.05, 4.69) is 11.6 Å². The number of rotatable bonds is 8. The van der Waals surface area contributed by atoms with E-state index in [1.54, 1.807) is 0 Å². The van der Waals surface area contributed by atoms with Crippen molar-refractivity contribution in [2.45, 2.75) is 43.9 Å². The third-order valence-corrected chi connectivity index (χ3v) is 4.60.